The SMILES string of the molecule is Cc1ccccc1CN=C=Nc1ccccc1. The summed E-state index contributed by atoms with van der Waals surface area (Å²) < 4.78 is 0. The van der Waals surface area contributed by atoms with E-state index in [9.17, 15) is 0 Å². The predicted molar refractivity (Wildman–Crippen MR) is 70.8 cm³/mol. The van der Waals surface area contributed by atoms with Gasteiger partial charge in [0.2, 0.25) is 0 Å². The Hall–Kier alpha value is -2.18. The highest BCUT2D eigenvalue weighted by Crippen LogP contribution is 2.09. The van der Waals surface area contributed by atoms with Gasteiger partial charge in [0.1, 0.15) is 0 Å². The molecular formula is C15H14N2. The summed E-state index contributed by atoms with van der Waals surface area (Å²) in [6.45, 7) is 2.71. The highest BCUT2D eigenvalue weighted by atomic mass is 14.8. The number of nitrogens with zero attached hydrogens (tertiary/aromatic N) is 2. The van der Waals surface area contributed by atoms with Gasteiger partial charge in [-0.2, -0.15) is 4.99 Å². The van der Waals surface area contributed by atoms with Gasteiger partial charge >= 0.3 is 0 Å². The largest absolute Gasteiger partial charge is 0.221 e. The van der Waals surface area contributed by atoms with Crippen LogP contribution in [-0.2, 0) is 6.54 Å². The van der Waals surface area contributed by atoms with Crippen LogP contribution in [-0.4, -0.2) is 6.01 Å². The van der Waals surface area contributed by atoms with Crippen molar-refractivity contribution in [2.24, 2.45) is 9.98 Å². The van der Waals surface area contributed by atoms with Gasteiger partial charge in [0.05, 0.1) is 18.2 Å². The molecule has 0 amide bonds. The second-order valence-electron chi connectivity index (χ2n) is 3.79. The first-order valence-corrected chi connectivity index (χ1v) is 5.58. The molecule has 0 heterocycles. The fourth-order valence-electron chi connectivity index (χ4n) is 1.50. The van der Waals surface area contributed by atoms with Gasteiger partial charge in [-0.3, -0.25) is 0 Å². The number of aliphatic imine (C=N–C) groups is 2. The highest BCUT2D eigenvalue weighted by molar-refractivity contribution is 5.52. The van der Waals surface area contributed by atoms with Crippen LogP contribution in [0, 0.1) is 6.92 Å². The average Bonchev–Trinajstić information content (AvgIpc) is 2.38. The van der Waals surface area contributed by atoms with Gasteiger partial charge in [0.25, 0.3) is 0 Å². The van der Waals surface area contributed by atoms with E-state index in [1.807, 2.05) is 42.5 Å². The van der Waals surface area contributed by atoms with E-state index < -0.39 is 0 Å². The summed E-state index contributed by atoms with van der Waals surface area (Å²) in [4.78, 5) is 8.32. The lowest BCUT2D eigenvalue weighted by molar-refractivity contribution is 1.06. The number of benzene rings is 2. The third-order valence-corrected chi connectivity index (χ3v) is 2.52. The van der Waals surface area contributed by atoms with Crippen molar-refractivity contribution in [2.75, 3.05) is 0 Å². The molecule has 0 saturated heterocycles. The lowest BCUT2D eigenvalue weighted by atomic mass is 10.1. The standard InChI is InChI=1S/C15H14N2/c1-13-7-5-6-8-14(13)11-16-12-17-15-9-3-2-4-10-15/h2-10H,11H2,1H3. The number of aryl methyl sites for hydroxylation is 1. The first-order valence-electron chi connectivity index (χ1n) is 5.58. The molecule has 0 N–H and O–H groups in total. The summed E-state index contributed by atoms with van der Waals surface area (Å²) in [7, 11) is 0. The summed E-state index contributed by atoms with van der Waals surface area (Å²) in [6, 6.07) is 20.6. The average molecular weight is 222 g/mol. The molecule has 0 atom stereocenters. The van der Waals surface area contributed by atoms with Crippen molar-refractivity contribution >= 4 is 11.7 Å². The Balaban J connectivity index is 2.04. The van der Waals surface area contributed by atoms with Gasteiger partial charge in [-0.25, -0.2) is 4.99 Å². The first-order chi connectivity index (χ1) is 8.36. The van der Waals surface area contributed by atoms with Crippen LogP contribution in [0.1, 0.15) is 11.1 Å². The maximum Gasteiger partial charge on any atom is 0.0952 e. The van der Waals surface area contributed by atoms with Crippen LogP contribution >= 0.6 is 0 Å². The summed E-state index contributed by atoms with van der Waals surface area (Å²) in [5, 5.41) is 0. The molecule has 0 aliphatic carbocycles. The topological polar surface area (TPSA) is 24.7 Å². The van der Waals surface area contributed by atoms with Crippen molar-refractivity contribution in [1.82, 2.24) is 0 Å². The van der Waals surface area contributed by atoms with Crippen molar-refractivity contribution in [3.63, 3.8) is 0 Å². The molecule has 0 spiro atoms. The number of hydrogen-bond donors (Lipinski definition) is 0. The Morgan fingerprint density at radius 2 is 1.65 bits per heavy atom. The van der Waals surface area contributed by atoms with E-state index in [1.54, 1.807) is 0 Å². The zero-order valence-electron chi connectivity index (χ0n) is 9.80. The van der Waals surface area contributed by atoms with E-state index in [0.29, 0.717) is 6.54 Å². The first kappa shape index (κ1) is 11.3. The van der Waals surface area contributed by atoms with E-state index in [4.69, 9.17) is 0 Å². The van der Waals surface area contributed by atoms with E-state index in [-0.39, 0.29) is 0 Å². The summed E-state index contributed by atoms with van der Waals surface area (Å²) >= 11 is 0. The Kier molecular flexibility index (Phi) is 3.85. The van der Waals surface area contributed by atoms with Crippen LogP contribution < -0.4 is 0 Å². The lowest BCUT2D eigenvalue weighted by Gasteiger charge is -1.98. The quantitative estimate of drug-likeness (QED) is 0.701. The van der Waals surface area contributed by atoms with Gasteiger partial charge in [0, 0.05) is 0 Å². The molecule has 0 aliphatic heterocycles. The normalized spacial score (nSPS) is 9.47. The molecule has 2 aromatic rings. The van der Waals surface area contributed by atoms with Crippen molar-refractivity contribution in [1.29, 1.82) is 0 Å². The molecule has 2 nitrogen and oxygen atoms in total. The van der Waals surface area contributed by atoms with E-state index in [1.165, 1.54) is 11.1 Å². The van der Waals surface area contributed by atoms with E-state index in [0.717, 1.165) is 5.69 Å². The summed E-state index contributed by atoms with van der Waals surface area (Å²) in [6.07, 6.45) is 0. The molecule has 0 aliphatic rings. The second kappa shape index (κ2) is 5.78. The minimum Gasteiger partial charge on any atom is -0.221 e. The molecule has 2 aromatic carbocycles. The van der Waals surface area contributed by atoms with E-state index >= 15 is 0 Å². The molecule has 0 aromatic heterocycles. The molecule has 0 bridgehead atoms. The van der Waals surface area contributed by atoms with Crippen molar-refractivity contribution < 1.29 is 0 Å². The third-order valence-electron chi connectivity index (χ3n) is 2.52. The van der Waals surface area contributed by atoms with Gasteiger partial charge in [0.15, 0.2) is 0 Å². The van der Waals surface area contributed by atoms with Crippen LogP contribution in [0.15, 0.2) is 64.6 Å². The highest BCUT2D eigenvalue weighted by Gasteiger charge is 1.93. The summed E-state index contributed by atoms with van der Waals surface area (Å²) in [5.74, 6) is 0. The minimum atomic E-state index is 0.628. The maximum atomic E-state index is 4.18. The Morgan fingerprint density at radius 3 is 2.41 bits per heavy atom. The molecule has 17 heavy (non-hydrogen) atoms. The Morgan fingerprint density at radius 1 is 0.941 bits per heavy atom. The zero-order valence-corrected chi connectivity index (χ0v) is 9.80. The van der Waals surface area contributed by atoms with Gasteiger partial charge in [-0.15, -0.1) is 0 Å². The van der Waals surface area contributed by atoms with Crippen LogP contribution in [0.5, 0.6) is 0 Å². The number of hydrogen-bond acceptors (Lipinski definition) is 2. The molecule has 0 radical (unpaired) electrons. The monoisotopic (exact) mass is 222 g/mol. The second-order valence-corrected chi connectivity index (χ2v) is 3.79. The van der Waals surface area contributed by atoms with Gasteiger partial charge < -0.3 is 0 Å². The fraction of sp³-hybridized carbons (Fsp3) is 0.133. The predicted octanol–water partition coefficient (Wildman–Crippen LogP) is 4.00. The van der Waals surface area contributed by atoms with E-state index in [2.05, 4.69) is 35.0 Å². The van der Waals surface area contributed by atoms with Gasteiger partial charge in [-0.1, -0.05) is 42.5 Å². The van der Waals surface area contributed by atoms with Crippen molar-refractivity contribution in [3.8, 4) is 0 Å². The molecule has 0 fully saturated rings. The zero-order chi connectivity index (χ0) is 11.9. The van der Waals surface area contributed by atoms with Crippen LogP contribution in [0.25, 0.3) is 0 Å². The van der Waals surface area contributed by atoms with Crippen LogP contribution in [0.4, 0.5) is 5.69 Å². The van der Waals surface area contributed by atoms with Gasteiger partial charge in [-0.05, 0) is 30.2 Å². The van der Waals surface area contributed by atoms with Crippen molar-refractivity contribution in [3.05, 3.63) is 65.7 Å². The molecule has 0 unspecified atom stereocenters. The van der Waals surface area contributed by atoms with Crippen LogP contribution in [0.3, 0.4) is 0 Å². The third kappa shape index (κ3) is 3.40. The smallest absolute Gasteiger partial charge is 0.0952 e. The molecule has 84 valence electrons. The number of para-hydroxylation sites is 1. The lowest BCUT2D eigenvalue weighted by Crippen LogP contribution is -1.84. The maximum absolute atomic E-state index is 4.18. The molecular weight excluding hydrogens is 208 g/mol. The molecule has 2 rings (SSSR count). The molecule has 2 heteroatoms. The summed E-state index contributed by atoms with van der Waals surface area (Å²) in [5.41, 5.74) is 3.34. The Bertz CT molecular complexity index is 538. The fourth-order valence-corrected chi connectivity index (χ4v) is 1.50. The number of rotatable bonds is 3. The van der Waals surface area contributed by atoms with Crippen molar-refractivity contribution in [2.45, 2.75) is 13.5 Å². The van der Waals surface area contributed by atoms with Crippen LogP contribution in [0.2, 0.25) is 0 Å². The molecule has 0 saturated carbocycles. The minimum absolute atomic E-state index is 0.628. The Labute approximate surface area is 101 Å².